The molecule has 36 heavy (non-hydrogen) atoms. The first-order valence-corrected chi connectivity index (χ1v) is 12.4. The van der Waals surface area contributed by atoms with E-state index in [9.17, 15) is 18.8 Å². The van der Waals surface area contributed by atoms with Crippen molar-refractivity contribution < 1.29 is 28.2 Å². The number of benzene rings is 2. The number of hydrogen-bond acceptors (Lipinski definition) is 6. The van der Waals surface area contributed by atoms with Gasteiger partial charge in [0.25, 0.3) is 5.91 Å². The Morgan fingerprint density at radius 1 is 1.08 bits per heavy atom. The second-order valence-corrected chi connectivity index (χ2v) is 9.62. The molecule has 1 unspecified atom stereocenters. The van der Waals surface area contributed by atoms with Gasteiger partial charge in [-0.1, -0.05) is 12.5 Å². The van der Waals surface area contributed by atoms with E-state index in [4.69, 9.17) is 9.47 Å². The first-order chi connectivity index (χ1) is 17.4. The number of methoxy groups -OCH3 is 1. The van der Waals surface area contributed by atoms with Crippen LogP contribution in [0.5, 0.6) is 11.5 Å². The number of piperidine rings is 2. The summed E-state index contributed by atoms with van der Waals surface area (Å²) in [6.45, 7) is 2.44. The molecule has 0 spiro atoms. The molecule has 190 valence electrons. The summed E-state index contributed by atoms with van der Waals surface area (Å²) in [5, 5.41) is 2.33. The average molecular weight is 496 g/mol. The third-order valence-electron chi connectivity index (χ3n) is 7.29. The number of likely N-dealkylation sites (tertiary alicyclic amines) is 1. The predicted molar refractivity (Wildman–Crippen MR) is 129 cm³/mol. The molecule has 8 nitrogen and oxygen atoms in total. The lowest BCUT2D eigenvalue weighted by molar-refractivity contribution is -0.136. The SMILES string of the molecule is COc1cc(CN2CCCC[C@@H]2COc2ccc3c(c2)CN(C2CCC(=O)NC2=O)C3=O)ccc1F. The zero-order valence-corrected chi connectivity index (χ0v) is 20.3. The molecule has 2 saturated heterocycles. The van der Waals surface area contributed by atoms with Crippen LogP contribution < -0.4 is 14.8 Å². The van der Waals surface area contributed by atoms with E-state index in [2.05, 4.69) is 10.2 Å². The highest BCUT2D eigenvalue weighted by atomic mass is 19.1. The van der Waals surface area contributed by atoms with Crippen LogP contribution >= 0.6 is 0 Å². The van der Waals surface area contributed by atoms with Gasteiger partial charge in [0.05, 0.1) is 7.11 Å². The number of imide groups is 1. The molecule has 0 aliphatic carbocycles. The number of carbonyl (C=O) groups is 3. The van der Waals surface area contributed by atoms with Crippen molar-refractivity contribution in [3.05, 3.63) is 58.9 Å². The highest BCUT2D eigenvalue weighted by molar-refractivity contribution is 6.05. The van der Waals surface area contributed by atoms with E-state index < -0.39 is 11.9 Å². The van der Waals surface area contributed by atoms with E-state index in [-0.39, 0.29) is 35.8 Å². The third-order valence-corrected chi connectivity index (χ3v) is 7.29. The van der Waals surface area contributed by atoms with Crippen LogP contribution in [0.25, 0.3) is 0 Å². The van der Waals surface area contributed by atoms with Crippen LogP contribution in [0, 0.1) is 5.82 Å². The van der Waals surface area contributed by atoms with Crippen LogP contribution in [-0.4, -0.2) is 59.9 Å². The quantitative estimate of drug-likeness (QED) is 0.594. The second-order valence-electron chi connectivity index (χ2n) is 9.62. The molecule has 3 amide bonds. The Morgan fingerprint density at radius 3 is 2.75 bits per heavy atom. The molecule has 2 fully saturated rings. The van der Waals surface area contributed by atoms with Crippen LogP contribution in [0.1, 0.15) is 53.6 Å². The minimum absolute atomic E-state index is 0.195. The van der Waals surface area contributed by atoms with E-state index in [1.54, 1.807) is 24.3 Å². The van der Waals surface area contributed by atoms with Crippen molar-refractivity contribution >= 4 is 17.7 Å². The summed E-state index contributed by atoms with van der Waals surface area (Å²) in [7, 11) is 1.47. The average Bonchev–Trinajstić information content (AvgIpc) is 3.20. The number of halogens is 1. The monoisotopic (exact) mass is 495 g/mol. The number of hydrogen-bond donors (Lipinski definition) is 1. The maximum atomic E-state index is 13.8. The van der Waals surface area contributed by atoms with Gasteiger partial charge in [-0.05, 0) is 67.3 Å². The van der Waals surface area contributed by atoms with Crippen LogP contribution in [0.3, 0.4) is 0 Å². The first-order valence-electron chi connectivity index (χ1n) is 12.4. The second kappa shape index (κ2) is 10.3. The zero-order chi connectivity index (χ0) is 25.2. The highest BCUT2D eigenvalue weighted by Gasteiger charge is 2.39. The topological polar surface area (TPSA) is 88.2 Å². The van der Waals surface area contributed by atoms with Crippen molar-refractivity contribution in [2.24, 2.45) is 0 Å². The number of amides is 3. The van der Waals surface area contributed by atoms with Gasteiger partial charge in [-0.25, -0.2) is 4.39 Å². The molecule has 3 aliphatic heterocycles. The molecule has 0 aromatic heterocycles. The van der Waals surface area contributed by atoms with Gasteiger partial charge >= 0.3 is 0 Å². The summed E-state index contributed by atoms with van der Waals surface area (Å²) in [5.74, 6) is -0.353. The smallest absolute Gasteiger partial charge is 0.255 e. The van der Waals surface area contributed by atoms with E-state index in [1.807, 2.05) is 6.07 Å². The van der Waals surface area contributed by atoms with Crippen molar-refractivity contribution in [3.63, 3.8) is 0 Å². The van der Waals surface area contributed by atoms with Crippen molar-refractivity contribution in [2.45, 2.75) is 57.3 Å². The van der Waals surface area contributed by atoms with Crippen LogP contribution in [0.2, 0.25) is 0 Å². The van der Waals surface area contributed by atoms with Crippen molar-refractivity contribution in [3.8, 4) is 11.5 Å². The van der Waals surface area contributed by atoms with Crippen molar-refractivity contribution in [2.75, 3.05) is 20.3 Å². The lowest BCUT2D eigenvalue weighted by Gasteiger charge is -2.35. The van der Waals surface area contributed by atoms with Gasteiger partial charge in [0.1, 0.15) is 18.4 Å². The summed E-state index contributed by atoms with van der Waals surface area (Å²) < 4.78 is 25.1. The van der Waals surface area contributed by atoms with Crippen LogP contribution in [-0.2, 0) is 22.7 Å². The number of nitrogens with zero attached hydrogens (tertiary/aromatic N) is 2. The molecule has 0 saturated carbocycles. The molecule has 5 rings (SSSR count). The minimum Gasteiger partial charge on any atom is -0.494 e. The van der Waals surface area contributed by atoms with Gasteiger partial charge in [0.2, 0.25) is 11.8 Å². The standard InChI is InChI=1S/C27H30FN3O5/c1-35-24-12-17(5-8-22(24)28)14-30-11-3-2-4-19(30)16-36-20-6-7-21-18(13-20)15-31(27(21)34)23-9-10-25(32)29-26(23)33/h5-8,12-13,19,23H,2-4,9-11,14-16H2,1H3,(H,29,32,33)/t19-,23?/m1/s1. The van der Waals surface area contributed by atoms with Gasteiger partial charge in [-0.15, -0.1) is 0 Å². The Morgan fingerprint density at radius 2 is 1.94 bits per heavy atom. The fourth-order valence-electron chi connectivity index (χ4n) is 5.33. The summed E-state index contributed by atoms with van der Waals surface area (Å²) in [5.41, 5.74) is 2.38. The molecule has 2 aromatic rings. The van der Waals surface area contributed by atoms with Gasteiger partial charge < -0.3 is 14.4 Å². The fourth-order valence-corrected chi connectivity index (χ4v) is 5.33. The van der Waals surface area contributed by atoms with E-state index in [0.717, 1.165) is 36.9 Å². The lowest BCUT2D eigenvalue weighted by Crippen LogP contribution is -2.52. The van der Waals surface area contributed by atoms with Gasteiger partial charge in [0, 0.05) is 31.1 Å². The molecule has 2 aromatic carbocycles. The molecule has 1 N–H and O–H groups in total. The predicted octanol–water partition coefficient (Wildman–Crippen LogP) is 3.03. The number of carbonyl (C=O) groups excluding carboxylic acids is 3. The molecular weight excluding hydrogens is 465 g/mol. The summed E-state index contributed by atoms with van der Waals surface area (Å²) in [4.78, 5) is 40.5. The Kier molecular flexibility index (Phi) is 6.91. The normalized spacial score (nSPS) is 22.4. The number of ether oxygens (including phenoxy) is 2. The lowest BCUT2D eigenvalue weighted by atomic mass is 10.0. The van der Waals surface area contributed by atoms with E-state index >= 15 is 0 Å². The summed E-state index contributed by atoms with van der Waals surface area (Å²) in [6.07, 6.45) is 3.80. The molecule has 0 radical (unpaired) electrons. The van der Waals surface area contributed by atoms with Crippen molar-refractivity contribution in [1.29, 1.82) is 0 Å². The maximum absolute atomic E-state index is 13.8. The van der Waals surface area contributed by atoms with E-state index in [0.29, 0.717) is 37.4 Å². The minimum atomic E-state index is -0.632. The van der Waals surface area contributed by atoms with Crippen LogP contribution in [0.4, 0.5) is 4.39 Å². The number of rotatable bonds is 7. The largest absolute Gasteiger partial charge is 0.494 e. The Hall–Kier alpha value is -3.46. The summed E-state index contributed by atoms with van der Waals surface area (Å²) >= 11 is 0. The van der Waals surface area contributed by atoms with Crippen LogP contribution in [0.15, 0.2) is 36.4 Å². The van der Waals surface area contributed by atoms with Crippen molar-refractivity contribution in [1.82, 2.24) is 15.1 Å². The summed E-state index contributed by atoms with van der Waals surface area (Å²) in [6, 6.07) is 9.97. The number of fused-ring (bicyclic) bond motifs is 1. The Labute approximate surface area is 209 Å². The third kappa shape index (κ3) is 4.93. The highest BCUT2D eigenvalue weighted by Crippen LogP contribution is 2.31. The fraction of sp³-hybridized carbons (Fsp3) is 0.444. The van der Waals surface area contributed by atoms with Gasteiger partial charge in [-0.3, -0.25) is 24.6 Å². The Balaban J connectivity index is 1.23. The molecule has 3 aliphatic rings. The van der Waals surface area contributed by atoms with Gasteiger partial charge in [0.15, 0.2) is 11.6 Å². The molecule has 3 heterocycles. The van der Waals surface area contributed by atoms with E-state index in [1.165, 1.54) is 18.1 Å². The first kappa shape index (κ1) is 24.2. The molecule has 9 heteroatoms. The van der Waals surface area contributed by atoms with Gasteiger partial charge in [-0.2, -0.15) is 0 Å². The maximum Gasteiger partial charge on any atom is 0.255 e. The molecular formula is C27H30FN3O5. The molecule has 2 atom stereocenters. The molecule has 0 bridgehead atoms. The zero-order valence-electron chi connectivity index (χ0n) is 20.3. The Bertz CT molecular complexity index is 1190. The number of nitrogens with one attached hydrogen (secondary N) is 1.